The molecule has 0 saturated carbocycles. The van der Waals surface area contributed by atoms with Crippen LogP contribution in [0.5, 0.6) is 0 Å². The summed E-state index contributed by atoms with van der Waals surface area (Å²) in [5.74, 6) is 0. The van der Waals surface area contributed by atoms with Gasteiger partial charge in [0.25, 0.3) is 0 Å². The van der Waals surface area contributed by atoms with Crippen molar-refractivity contribution in [2.24, 2.45) is 0 Å². The lowest BCUT2D eigenvalue weighted by atomic mass is 10.0. The van der Waals surface area contributed by atoms with Crippen LogP contribution in [0.15, 0.2) is 42.5 Å². The van der Waals surface area contributed by atoms with E-state index in [2.05, 4.69) is 54.8 Å². The highest BCUT2D eigenvalue weighted by atomic mass is 14.8. The van der Waals surface area contributed by atoms with Gasteiger partial charge in [-0.1, -0.05) is 42.5 Å². The van der Waals surface area contributed by atoms with Crippen LogP contribution in [0.3, 0.4) is 0 Å². The van der Waals surface area contributed by atoms with Gasteiger partial charge in [-0.3, -0.25) is 0 Å². The highest BCUT2D eigenvalue weighted by Crippen LogP contribution is 2.17. The van der Waals surface area contributed by atoms with E-state index in [0.717, 1.165) is 6.54 Å². The predicted octanol–water partition coefficient (Wildman–Crippen LogP) is 1.53. The zero-order valence-electron chi connectivity index (χ0n) is 7.83. The van der Waals surface area contributed by atoms with Gasteiger partial charge < -0.3 is 5.32 Å². The zero-order valence-corrected chi connectivity index (χ0v) is 7.83. The summed E-state index contributed by atoms with van der Waals surface area (Å²) < 4.78 is 0. The van der Waals surface area contributed by atoms with Gasteiger partial charge in [-0.15, -0.1) is 0 Å². The minimum atomic E-state index is 1.06. The summed E-state index contributed by atoms with van der Waals surface area (Å²) >= 11 is 0. The Labute approximate surface area is 78.4 Å². The molecule has 0 aliphatic rings. The van der Waals surface area contributed by atoms with Gasteiger partial charge in [0.05, 0.1) is 7.05 Å². The molecule has 1 nitrogen and oxygen atoms in total. The number of hydrogen-bond acceptors (Lipinski definition) is 0. The van der Waals surface area contributed by atoms with Crippen molar-refractivity contribution >= 4 is 10.8 Å². The molecule has 0 fully saturated rings. The summed E-state index contributed by atoms with van der Waals surface area (Å²) in [7, 11) is 2.10. The first-order chi connectivity index (χ1) is 6.42. The molecule has 0 amide bonds. The topological polar surface area (TPSA) is 16.6 Å². The van der Waals surface area contributed by atoms with Crippen LogP contribution in [0.25, 0.3) is 10.8 Å². The van der Waals surface area contributed by atoms with Crippen molar-refractivity contribution in [2.45, 2.75) is 6.54 Å². The molecule has 0 radical (unpaired) electrons. The lowest BCUT2D eigenvalue weighted by Crippen LogP contribution is -2.77. The van der Waals surface area contributed by atoms with E-state index in [-0.39, 0.29) is 0 Å². The third-order valence-corrected chi connectivity index (χ3v) is 2.30. The Bertz CT molecular complexity index is 401. The molecule has 2 aromatic carbocycles. The number of fused-ring (bicyclic) bond motifs is 1. The van der Waals surface area contributed by atoms with Crippen molar-refractivity contribution in [1.82, 2.24) is 0 Å². The lowest BCUT2D eigenvalue weighted by Gasteiger charge is -2.02. The number of rotatable bonds is 2. The quantitative estimate of drug-likeness (QED) is 0.707. The second-order valence-electron chi connectivity index (χ2n) is 3.25. The second-order valence-corrected chi connectivity index (χ2v) is 3.25. The first-order valence-electron chi connectivity index (χ1n) is 4.66. The summed E-state index contributed by atoms with van der Waals surface area (Å²) in [6.45, 7) is 1.06. The fourth-order valence-corrected chi connectivity index (χ4v) is 1.69. The fraction of sp³-hybridized carbons (Fsp3) is 0.167. The average Bonchev–Trinajstić information content (AvgIpc) is 2.19. The molecule has 2 aromatic rings. The first-order valence-corrected chi connectivity index (χ1v) is 4.66. The Balaban J connectivity index is 2.61. The van der Waals surface area contributed by atoms with Crippen LogP contribution in [-0.4, -0.2) is 7.05 Å². The molecule has 0 aromatic heterocycles. The van der Waals surface area contributed by atoms with E-state index in [1.807, 2.05) is 0 Å². The molecule has 0 aliphatic heterocycles. The third-order valence-electron chi connectivity index (χ3n) is 2.30. The normalized spacial score (nSPS) is 10.5. The predicted molar refractivity (Wildman–Crippen MR) is 55.5 cm³/mol. The van der Waals surface area contributed by atoms with Crippen LogP contribution in [-0.2, 0) is 6.54 Å². The van der Waals surface area contributed by atoms with E-state index in [4.69, 9.17) is 0 Å². The standard InChI is InChI=1S/C12H13N/c1-13-9-11-7-4-6-10-5-2-3-8-12(10)11/h2-8,13H,9H2,1H3/p+1. The number of benzene rings is 2. The second kappa shape index (κ2) is 3.58. The molecule has 0 atom stereocenters. The molecule has 2 N–H and O–H groups in total. The van der Waals surface area contributed by atoms with E-state index >= 15 is 0 Å². The minimum absolute atomic E-state index is 1.06. The third kappa shape index (κ3) is 1.56. The molecular weight excluding hydrogens is 158 g/mol. The Morgan fingerprint density at radius 3 is 2.62 bits per heavy atom. The van der Waals surface area contributed by atoms with Crippen molar-refractivity contribution in [3.05, 3.63) is 48.0 Å². The summed E-state index contributed by atoms with van der Waals surface area (Å²) in [4.78, 5) is 0. The molecule has 66 valence electrons. The van der Waals surface area contributed by atoms with Crippen LogP contribution < -0.4 is 5.32 Å². The molecule has 0 spiro atoms. The zero-order chi connectivity index (χ0) is 9.10. The van der Waals surface area contributed by atoms with Gasteiger partial charge in [-0.25, -0.2) is 0 Å². The van der Waals surface area contributed by atoms with Gasteiger partial charge in [-0.05, 0) is 10.8 Å². The summed E-state index contributed by atoms with van der Waals surface area (Å²) in [6.07, 6.45) is 0. The fourth-order valence-electron chi connectivity index (χ4n) is 1.69. The molecule has 0 aliphatic carbocycles. The number of hydrogen-bond donors (Lipinski definition) is 1. The van der Waals surface area contributed by atoms with Crippen molar-refractivity contribution in [1.29, 1.82) is 0 Å². The molecule has 0 heterocycles. The Morgan fingerprint density at radius 1 is 1.00 bits per heavy atom. The number of nitrogens with two attached hydrogens (primary N) is 1. The lowest BCUT2D eigenvalue weighted by molar-refractivity contribution is -0.643. The maximum atomic E-state index is 2.20. The van der Waals surface area contributed by atoms with Crippen LogP contribution in [0, 0.1) is 0 Å². The van der Waals surface area contributed by atoms with E-state index in [9.17, 15) is 0 Å². The van der Waals surface area contributed by atoms with E-state index in [0.29, 0.717) is 0 Å². The van der Waals surface area contributed by atoms with Crippen LogP contribution in [0.2, 0.25) is 0 Å². The van der Waals surface area contributed by atoms with Crippen molar-refractivity contribution in [3.8, 4) is 0 Å². The first kappa shape index (κ1) is 8.27. The summed E-state index contributed by atoms with van der Waals surface area (Å²) in [6, 6.07) is 15.0. The van der Waals surface area contributed by atoms with Gasteiger partial charge >= 0.3 is 0 Å². The molecule has 2 rings (SSSR count). The maximum absolute atomic E-state index is 2.20. The van der Waals surface area contributed by atoms with E-state index in [1.54, 1.807) is 0 Å². The van der Waals surface area contributed by atoms with Gasteiger partial charge in [0.15, 0.2) is 0 Å². The van der Waals surface area contributed by atoms with E-state index in [1.165, 1.54) is 16.3 Å². The monoisotopic (exact) mass is 172 g/mol. The number of quaternary nitrogens is 1. The Morgan fingerprint density at radius 2 is 1.77 bits per heavy atom. The van der Waals surface area contributed by atoms with Crippen molar-refractivity contribution in [2.75, 3.05) is 7.05 Å². The van der Waals surface area contributed by atoms with Crippen LogP contribution in [0.1, 0.15) is 5.56 Å². The van der Waals surface area contributed by atoms with E-state index < -0.39 is 0 Å². The van der Waals surface area contributed by atoms with Crippen LogP contribution >= 0.6 is 0 Å². The average molecular weight is 172 g/mol. The smallest absolute Gasteiger partial charge is 0.102 e. The van der Waals surface area contributed by atoms with Crippen LogP contribution in [0.4, 0.5) is 0 Å². The molecule has 0 unspecified atom stereocenters. The molecule has 0 saturated heterocycles. The Kier molecular flexibility index (Phi) is 2.28. The molecular formula is C12H14N+. The van der Waals surface area contributed by atoms with Gasteiger partial charge in [0.1, 0.15) is 6.54 Å². The van der Waals surface area contributed by atoms with Gasteiger partial charge in [-0.2, -0.15) is 0 Å². The summed E-state index contributed by atoms with van der Waals surface area (Å²) in [5, 5.41) is 4.91. The van der Waals surface area contributed by atoms with Crippen molar-refractivity contribution in [3.63, 3.8) is 0 Å². The summed E-state index contributed by atoms with van der Waals surface area (Å²) in [5.41, 5.74) is 1.42. The molecule has 1 heteroatoms. The van der Waals surface area contributed by atoms with Crippen molar-refractivity contribution < 1.29 is 5.32 Å². The molecule has 13 heavy (non-hydrogen) atoms. The highest BCUT2D eigenvalue weighted by molar-refractivity contribution is 5.85. The van der Waals surface area contributed by atoms with Gasteiger partial charge in [0, 0.05) is 5.56 Å². The largest absolute Gasteiger partial charge is 0.345 e. The molecule has 0 bridgehead atoms. The maximum Gasteiger partial charge on any atom is 0.102 e. The minimum Gasteiger partial charge on any atom is -0.345 e. The Hall–Kier alpha value is -1.34. The van der Waals surface area contributed by atoms with Gasteiger partial charge in [0.2, 0.25) is 0 Å². The SMILES string of the molecule is C[NH2+]Cc1cccc2ccccc12. The highest BCUT2D eigenvalue weighted by Gasteiger charge is 1.99.